The van der Waals surface area contributed by atoms with E-state index in [4.69, 9.17) is 4.74 Å². The van der Waals surface area contributed by atoms with E-state index in [-0.39, 0.29) is 6.10 Å². The second kappa shape index (κ2) is 6.68. The molecule has 0 saturated carbocycles. The lowest BCUT2D eigenvalue weighted by Gasteiger charge is -2.12. The van der Waals surface area contributed by atoms with Crippen LogP contribution in [-0.4, -0.2) is 16.3 Å². The molecule has 0 N–H and O–H groups in total. The molecule has 0 aliphatic rings. The summed E-state index contributed by atoms with van der Waals surface area (Å²) in [5, 5.41) is 19.7. The first-order chi connectivity index (χ1) is 10.0. The Morgan fingerprint density at radius 1 is 1.24 bits per heavy atom. The highest BCUT2D eigenvalue weighted by atomic mass is 32.1. The van der Waals surface area contributed by atoms with Crippen molar-refractivity contribution < 1.29 is 4.74 Å². The maximum Gasteiger partial charge on any atom is 0.149 e. The van der Waals surface area contributed by atoms with Crippen molar-refractivity contribution in [2.75, 3.05) is 0 Å². The van der Waals surface area contributed by atoms with Crippen LogP contribution in [0.5, 0.6) is 5.75 Å². The molecule has 0 bridgehead atoms. The van der Waals surface area contributed by atoms with E-state index < -0.39 is 0 Å². The van der Waals surface area contributed by atoms with E-state index in [9.17, 15) is 5.26 Å². The normalized spacial score (nSPS) is 10.9. The third-order valence-corrected chi connectivity index (χ3v) is 3.76. The van der Waals surface area contributed by atoms with E-state index >= 15 is 0 Å². The van der Waals surface area contributed by atoms with Gasteiger partial charge < -0.3 is 4.74 Å². The predicted octanol–water partition coefficient (Wildman–Crippen LogP) is 4.06. The average molecular weight is 301 g/mol. The lowest BCUT2D eigenvalue weighted by molar-refractivity contribution is 0.242. The summed E-state index contributed by atoms with van der Waals surface area (Å²) < 4.78 is 5.70. The Morgan fingerprint density at radius 2 is 2.00 bits per heavy atom. The van der Waals surface area contributed by atoms with Gasteiger partial charge in [0.1, 0.15) is 27.4 Å². The van der Waals surface area contributed by atoms with Crippen molar-refractivity contribution >= 4 is 11.3 Å². The van der Waals surface area contributed by atoms with Gasteiger partial charge in [0.05, 0.1) is 6.10 Å². The van der Waals surface area contributed by atoms with Gasteiger partial charge in [0, 0.05) is 12.0 Å². The summed E-state index contributed by atoms with van der Waals surface area (Å²) in [6, 6.07) is 7.83. The molecule has 1 aromatic carbocycles. The fraction of sp³-hybridized carbons (Fsp3) is 0.438. The van der Waals surface area contributed by atoms with Crippen LogP contribution in [0.4, 0.5) is 0 Å². The first kappa shape index (κ1) is 15.5. The number of rotatable bonds is 5. The zero-order chi connectivity index (χ0) is 15.4. The fourth-order valence-corrected chi connectivity index (χ4v) is 3.05. The third-order valence-electron chi connectivity index (χ3n) is 2.78. The van der Waals surface area contributed by atoms with Crippen molar-refractivity contribution in [2.45, 2.75) is 40.2 Å². The third kappa shape index (κ3) is 3.79. The summed E-state index contributed by atoms with van der Waals surface area (Å²) in [6.45, 7) is 8.19. The Morgan fingerprint density at radius 3 is 2.62 bits per heavy atom. The minimum absolute atomic E-state index is 0.0262. The van der Waals surface area contributed by atoms with Crippen molar-refractivity contribution in [1.82, 2.24) is 10.2 Å². The fourth-order valence-electron chi connectivity index (χ4n) is 1.97. The van der Waals surface area contributed by atoms with Crippen LogP contribution in [0.25, 0.3) is 10.6 Å². The molecular weight excluding hydrogens is 282 g/mol. The molecule has 4 nitrogen and oxygen atoms in total. The first-order valence-corrected chi connectivity index (χ1v) is 7.85. The summed E-state index contributed by atoms with van der Waals surface area (Å²) in [6.07, 6.45) is 0.931. The van der Waals surface area contributed by atoms with Gasteiger partial charge in [-0.2, -0.15) is 5.26 Å². The summed E-state index contributed by atoms with van der Waals surface area (Å²) in [7, 11) is 0. The lowest BCUT2D eigenvalue weighted by atomic mass is 10.1. The van der Waals surface area contributed by atoms with E-state index in [1.807, 2.05) is 32.0 Å². The van der Waals surface area contributed by atoms with E-state index in [0.717, 1.165) is 22.0 Å². The number of hydrogen-bond donors (Lipinski definition) is 0. The SMILES string of the molecule is CC(C)Cc1nnc(-c2cccc(OC(C)C)c2C#N)s1. The maximum absolute atomic E-state index is 9.45. The molecule has 1 aromatic heterocycles. The van der Waals surface area contributed by atoms with Crippen LogP contribution in [0.3, 0.4) is 0 Å². The van der Waals surface area contributed by atoms with Crippen molar-refractivity contribution in [3.63, 3.8) is 0 Å². The number of hydrogen-bond acceptors (Lipinski definition) is 5. The van der Waals surface area contributed by atoms with Crippen molar-refractivity contribution in [1.29, 1.82) is 5.26 Å². The molecule has 0 aliphatic heterocycles. The van der Waals surface area contributed by atoms with Crippen LogP contribution >= 0.6 is 11.3 Å². The highest BCUT2D eigenvalue weighted by Gasteiger charge is 2.16. The van der Waals surface area contributed by atoms with Crippen molar-refractivity contribution in [2.24, 2.45) is 5.92 Å². The van der Waals surface area contributed by atoms with Gasteiger partial charge in [-0.3, -0.25) is 0 Å². The number of aromatic nitrogens is 2. The molecule has 0 atom stereocenters. The van der Waals surface area contributed by atoms with Gasteiger partial charge in [-0.15, -0.1) is 10.2 Å². The van der Waals surface area contributed by atoms with Crippen LogP contribution < -0.4 is 4.74 Å². The zero-order valence-corrected chi connectivity index (χ0v) is 13.6. The summed E-state index contributed by atoms with van der Waals surface area (Å²) in [4.78, 5) is 0. The number of nitriles is 1. The molecule has 110 valence electrons. The van der Waals surface area contributed by atoms with E-state index in [0.29, 0.717) is 17.2 Å². The highest BCUT2D eigenvalue weighted by molar-refractivity contribution is 7.14. The smallest absolute Gasteiger partial charge is 0.149 e. The Labute approximate surface area is 129 Å². The second-order valence-electron chi connectivity index (χ2n) is 5.56. The van der Waals surface area contributed by atoms with Gasteiger partial charge in [0.2, 0.25) is 0 Å². The summed E-state index contributed by atoms with van der Waals surface area (Å²) >= 11 is 1.54. The Bertz CT molecular complexity index is 656. The Kier molecular flexibility index (Phi) is 4.92. The molecule has 0 amide bonds. The van der Waals surface area contributed by atoms with Crippen LogP contribution in [0.2, 0.25) is 0 Å². The van der Waals surface area contributed by atoms with Gasteiger partial charge in [-0.05, 0) is 25.8 Å². The molecule has 1 heterocycles. The molecule has 2 aromatic rings. The first-order valence-electron chi connectivity index (χ1n) is 7.03. The monoisotopic (exact) mass is 301 g/mol. The van der Waals surface area contributed by atoms with Gasteiger partial charge in [-0.25, -0.2) is 0 Å². The Hall–Kier alpha value is -1.93. The molecular formula is C16H19N3OS. The van der Waals surface area contributed by atoms with E-state index in [1.54, 1.807) is 11.3 Å². The number of ether oxygens (including phenoxy) is 1. The quantitative estimate of drug-likeness (QED) is 0.835. The van der Waals surface area contributed by atoms with Crippen molar-refractivity contribution in [3.8, 4) is 22.4 Å². The van der Waals surface area contributed by atoms with Gasteiger partial charge in [-0.1, -0.05) is 37.3 Å². The zero-order valence-electron chi connectivity index (χ0n) is 12.8. The molecule has 5 heteroatoms. The molecule has 0 saturated heterocycles. The topological polar surface area (TPSA) is 58.8 Å². The molecule has 21 heavy (non-hydrogen) atoms. The van der Waals surface area contributed by atoms with Crippen LogP contribution in [0, 0.1) is 17.2 Å². The second-order valence-corrected chi connectivity index (χ2v) is 6.62. The Balaban J connectivity index is 2.39. The molecule has 0 spiro atoms. The molecule has 0 unspecified atom stereocenters. The number of nitrogens with zero attached hydrogens (tertiary/aromatic N) is 3. The minimum Gasteiger partial charge on any atom is -0.490 e. The van der Waals surface area contributed by atoms with Gasteiger partial charge >= 0.3 is 0 Å². The van der Waals surface area contributed by atoms with E-state index in [1.165, 1.54) is 0 Å². The van der Waals surface area contributed by atoms with E-state index in [2.05, 4.69) is 30.1 Å². The standard InChI is InChI=1S/C16H19N3OS/c1-10(2)8-15-18-19-16(21-15)12-6-5-7-14(13(12)9-17)20-11(3)4/h5-7,10-11H,8H2,1-4H3. The summed E-state index contributed by atoms with van der Waals surface area (Å²) in [5.74, 6) is 1.14. The van der Waals surface area contributed by atoms with Crippen molar-refractivity contribution in [3.05, 3.63) is 28.8 Å². The predicted molar refractivity (Wildman–Crippen MR) is 84.4 cm³/mol. The van der Waals surface area contributed by atoms with Gasteiger partial charge in [0.15, 0.2) is 0 Å². The summed E-state index contributed by atoms with van der Waals surface area (Å²) in [5.41, 5.74) is 1.32. The highest BCUT2D eigenvalue weighted by Crippen LogP contribution is 2.32. The molecule has 2 rings (SSSR count). The minimum atomic E-state index is 0.0262. The largest absolute Gasteiger partial charge is 0.490 e. The van der Waals surface area contributed by atoms with Crippen LogP contribution in [0.1, 0.15) is 38.3 Å². The van der Waals surface area contributed by atoms with Crippen LogP contribution in [-0.2, 0) is 6.42 Å². The lowest BCUT2D eigenvalue weighted by Crippen LogP contribution is -2.07. The molecule has 0 radical (unpaired) electrons. The van der Waals surface area contributed by atoms with Crippen LogP contribution in [0.15, 0.2) is 18.2 Å². The maximum atomic E-state index is 9.45. The molecule has 0 fully saturated rings. The number of benzene rings is 1. The van der Waals surface area contributed by atoms with Gasteiger partial charge in [0.25, 0.3) is 0 Å². The molecule has 0 aliphatic carbocycles. The average Bonchev–Trinajstić information content (AvgIpc) is 2.85.